The quantitative estimate of drug-likeness (QED) is 0.946. The molecule has 2 rings (SSSR count). The monoisotopic (exact) mass is 304 g/mol. The Balaban J connectivity index is 2.29. The molecule has 1 heterocycles. The lowest BCUT2D eigenvalue weighted by atomic mass is 10.1. The number of carboxylic acid groups (broad SMARTS) is 1. The average molecular weight is 305 g/mol. The van der Waals surface area contributed by atoms with Gasteiger partial charge in [-0.2, -0.15) is 13.2 Å². The third-order valence-corrected chi connectivity index (χ3v) is 2.94. The molecule has 2 aromatic rings. The van der Waals surface area contributed by atoms with Gasteiger partial charge in [0.25, 0.3) is 0 Å². The highest BCUT2D eigenvalue weighted by Crippen LogP contribution is 2.35. The fraction of sp³-hybridized carbons (Fsp3) is 0.167. The summed E-state index contributed by atoms with van der Waals surface area (Å²) in [4.78, 5) is 14.6. The minimum atomic E-state index is -4.52. The minimum absolute atomic E-state index is 0.0546. The van der Waals surface area contributed by atoms with Gasteiger partial charge in [-0.1, -0.05) is 17.7 Å². The highest BCUT2D eigenvalue weighted by atomic mass is 35.5. The van der Waals surface area contributed by atoms with E-state index in [4.69, 9.17) is 16.7 Å². The average Bonchev–Trinajstić information content (AvgIpc) is 2.75. The van der Waals surface area contributed by atoms with Gasteiger partial charge in [-0.05, 0) is 17.7 Å². The number of nitrogens with zero attached hydrogens (tertiary/aromatic N) is 2. The van der Waals surface area contributed by atoms with E-state index in [9.17, 15) is 18.0 Å². The first kappa shape index (κ1) is 14.4. The molecule has 0 atom stereocenters. The summed E-state index contributed by atoms with van der Waals surface area (Å²) in [5.74, 6) is -1.17. The van der Waals surface area contributed by atoms with Crippen LogP contribution < -0.4 is 0 Å². The van der Waals surface area contributed by atoms with Crippen molar-refractivity contribution in [1.29, 1.82) is 0 Å². The van der Waals surface area contributed by atoms with Crippen molar-refractivity contribution in [2.45, 2.75) is 12.7 Å². The van der Waals surface area contributed by atoms with Crippen LogP contribution >= 0.6 is 11.6 Å². The Morgan fingerprint density at radius 1 is 1.40 bits per heavy atom. The molecule has 1 aromatic heterocycles. The second kappa shape index (κ2) is 5.16. The molecule has 0 spiro atoms. The lowest BCUT2D eigenvalue weighted by Crippen LogP contribution is -2.10. The molecule has 0 radical (unpaired) electrons. The fourth-order valence-corrected chi connectivity index (χ4v) is 2.02. The Bertz CT molecular complexity index is 652. The van der Waals surface area contributed by atoms with E-state index in [2.05, 4.69) is 4.98 Å². The van der Waals surface area contributed by atoms with Gasteiger partial charge in [0.05, 0.1) is 23.1 Å². The molecule has 8 heteroatoms. The number of hydrogen-bond donors (Lipinski definition) is 1. The number of aromatic nitrogens is 2. The number of carbonyl (C=O) groups is 1. The number of carboxylic acids is 1. The molecule has 0 aliphatic carbocycles. The molecule has 0 unspecified atom stereocenters. The molecule has 0 aliphatic rings. The molecule has 0 amide bonds. The van der Waals surface area contributed by atoms with Gasteiger partial charge in [-0.15, -0.1) is 0 Å². The first-order valence-corrected chi connectivity index (χ1v) is 5.76. The van der Waals surface area contributed by atoms with Crippen LogP contribution in [0.5, 0.6) is 0 Å². The van der Waals surface area contributed by atoms with E-state index in [1.54, 1.807) is 0 Å². The van der Waals surface area contributed by atoms with Crippen molar-refractivity contribution in [2.24, 2.45) is 0 Å². The van der Waals surface area contributed by atoms with Gasteiger partial charge >= 0.3 is 12.1 Å². The van der Waals surface area contributed by atoms with Crippen LogP contribution in [0.1, 0.15) is 21.6 Å². The Hall–Kier alpha value is -2.02. The standard InChI is InChI=1S/C12H8ClF3N2O2/c13-9-3-7(1-2-8(9)12(14,15)16)5-18-6-17-4-10(18)11(19)20/h1-4,6H,5H2,(H,19,20). The number of benzene rings is 1. The summed E-state index contributed by atoms with van der Waals surface area (Å²) in [5.41, 5.74) is -0.531. The molecule has 1 N–H and O–H groups in total. The van der Waals surface area contributed by atoms with E-state index in [1.807, 2.05) is 0 Å². The molecular weight excluding hydrogens is 297 g/mol. The van der Waals surface area contributed by atoms with Crippen molar-refractivity contribution in [1.82, 2.24) is 9.55 Å². The third kappa shape index (κ3) is 2.93. The van der Waals surface area contributed by atoms with Crippen molar-refractivity contribution in [3.8, 4) is 0 Å². The van der Waals surface area contributed by atoms with Gasteiger partial charge in [0.2, 0.25) is 0 Å². The van der Waals surface area contributed by atoms with Gasteiger partial charge in [0, 0.05) is 6.54 Å². The number of rotatable bonds is 3. The van der Waals surface area contributed by atoms with Gasteiger partial charge in [-0.3, -0.25) is 0 Å². The Labute approximate surface area is 116 Å². The Morgan fingerprint density at radius 3 is 2.65 bits per heavy atom. The molecule has 4 nitrogen and oxygen atoms in total. The number of alkyl halides is 3. The van der Waals surface area contributed by atoms with Gasteiger partial charge in [0.15, 0.2) is 0 Å². The van der Waals surface area contributed by atoms with Crippen LogP contribution in [-0.2, 0) is 12.7 Å². The zero-order valence-electron chi connectivity index (χ0n) is 9.86. The smallest absolute Gasteiger partial charge is 0.417 e. The second-order valence-electron chi connectivity index (χ2n) is 4.02. The summed E-state index contributed by atoms with van der Waals surface area (Å²) in [5, 5.41) is 8.48. The van der Waals surface area contributed by atoms with Crippen LogP contribution in [0.4, 0.5) is 13.2 Å². The Kier molecular flexibility index (Phi) is 3.71. The van der Waals surface area contributed by atoms with Crippen molar-refractivity contribution < 1.29 is 23.1 Å². The van der Waals surface area contributed by atoms with Gasteiger partial charge in [0.1, 0.15) is 5.69 Å². The third-order valence-electron chi connectivity index (χ3n) is 2.62. The number of hydrogen-bond acceptors (Lipinski definition) is 2. The summed E-state index contributed by atoms with van der Waals surface area (Å²) in [6.45, 7) is 0.0689. The molecule has 0 fully saturated rings. The van der Waals surface area contributed by atoms with Crippen molar-refractivity contribution >= 4 is 17.6 Å². The summed E-state index contributed by atoms with van der Waals surface area (Å²) >= 11 is 5.60. The van der Waals surface area contributed by atoms with Crippen molar-refractivity contribution in [3.05, 3.63) is 52.6 Å². The largest absolute Gasteiger partial charge is 0.477 e. The van der Waals surface area contributed by atoms with E-state index < -0.39 is 22.7 Å². The summed E-state index contributed by atoms with van der Waals surface area (Å²) in [6.07, 6.45) is -2.07. The van der Waals surface area contributed by atoms with Crippen LogP contribution in [0.3, 0.4) is 0 Å². The topological polar surface area (TPSA) is 55.1 Å². The Morgan fingerprint density at radius 2 is 2.10 bits per heavy atom. The second-order valence-corrected chi connectivity index (χ2v) is 4.43. The van der Waals surface area contributed by atoms with Crippen LogP contribution in [-0.4, -0.2) is 20.6 Å². The molecule has 0 saturated carbocycles. The van der Waals surface area contributed by atoms with Crippen LogP contribution in [0.2, 0.25) is 5.02 Å². The highest BCUT2D eigenvalue weighted by molar-refractivity contribution is 6.31. The van der Waals surface area contributed by atoms with E-state index in [-0.39, 0.29) is 12.2 Å². The lowest BCUT2D eigenvalue weighted by Gasteiger charge is -2.11. The lowest BCUT2D eigenvalue weighted by molar-refractivity contribution is -0.137. The number of imidazole rings is 1. The van der Waals surface area contributed by atoms with Crippen molar-refractivity contribution in [2.75, 3.05) is 0 Å². The normalized spacial score (nSPS) is 11.6. The molecule has 106 valence electrons. The SMILES string of the molecule is O=C(O)c1cncn1Cc1ccc(C(F)(F)F)c(Cl)c1. The fourth-order valence-electron chi connectivity index (χ4n) is 1.71. The van der Waals surface area contributed by atoms with Gasteiger partial charge < -0.3 is 9.67 Å². The molecule has 0 aliphatic heterocycles. The summed E-state index contributed by atoms with van der Waals surface area (Å²) < 4.78 is 39.0. The zero-order valence-corrected chi connectivity index (χ0v) is 10.6. The maximum Gasteiger partial charge on any atom is 0.417 e. The van der Waals surface area contributed by atoms with Crippen LogP contribution in [0.25, 0.3) is 0 Å². The maximum absolute atomic E-state index is 12.6. The van der Waals surface area contributed by atoms with E-state index in [0.29, 0.717) is 5.56 Å². The predicted octanol–water partition coefficient (Wildman–Crippen LogP) is 3.30. The summed E-state index contributed by atoms with van der Waals surface area (Å²) in [6, 6.07) is 3.28. The van der Waals surface area contributed by atoms with Gasteiger partial charge in [-0.25, -0.2) is 9.78 Å². The number of halogens is 4. The first-order chi connectivity index (χ1) is 9.29. The van der Waals surface area contributed by atoms with Crippen molar-refractivity contribution in [3.63, 3.8) is 0 Å². The predicted molar refractivity (Wildman–Crippen MR) is 64.7 cm³/mol. The van der Waals surface area contributed by atoms with E-state index in [0.717, 1.165) is 18.3 Å². The minimum Gasteiger partial charge on any atom is -0.477 e. The zero-order chi connectivity index (χ0) is 14.9. The summed E-state index contributed by atoms with van der Waals surface area (Å²) in [7, 11) is 0. The van der Waals surface area contributed by atoms with Crippen LogP contribution in [0, 0.1) is 0 Å². The first-order valence-electron chi connectivity index (χ1n) is 5.38. The number of aromatic carboxylic acids is 1. The molecule has 1 aromatic carbocycles. The van der Waals surface area contributed by atoms with E-state index >= 15 is 0 Å². The molecular formula is C12H8ClF3N2O2. The molecule has 20 heavy (non-hydrogen) atoms. The molecule has 0 saturated heterocycles. The maximum atomic E-state index is 12.6. The van der Waals surface area contributed by atoms with E-state index in [1.165, 1.54) is 17.0 Å². The highest BCUT2D eigenvalue weighted by Gasteiger charge is 2.33. The molecule has 0 bridgehead atoms. The van der Waals surface area contributed by atoms with Crippen LogP contribution in [0.15, 0.2) is 30.7 Å².